The number of nitrogens with zero attached hydrogens (tertiary/aromatic N) is 1. The van der Waals surface area contributed by atoms with Gasteiger partial charge in [0.1, 0.15) is 5.82 Å². The van der Waals surface area contributed by atoms with Crippen LogP contribution in [0.25, 0.3) is 0 Å². The lowest BCUT2D eigenvalue weighted by Crippen LogP contribution is -2.42. The van der Waals surface area contributed by atoms with Gasteiger partial charge in [0.05, 0.1) is 5.69 Å². The second-order valence-electron chi connectivity index (χ2n) is 9.82. The van der Waals surface area contributed by atoms with Crippen LogP contribution in [0.5, 0.6) is 0 Å². The van der Waals surface area contributed by atoms with Crippen LogP contribution < -0.4 is 4.90 Å². The standard InChI is InChI=1S/C26H34FNO/c1-2-23(29)8-6-20-10-12-26(13-11-20)14-16-28(17-15-26)25-19-22(7-9-24(25)27)18-21-4-3-5-21/h1,7,9,19-21H,3-6,8,10-18H2. The van der Waals surface area contributed by atoms with E-state index in [-0.39, 0.29) is 11.6 Å². The molecule has 0 amide bonds. The first-order valence-electron chi connectivity index (χ1n) is 11.6. The SMILES string of the molecule is C#CC(=O)CCC1CCC2(CC1)CCN(c1cc(CC3CCC3)ccc1F)CC2. The van der Waals surface area contributed by atoms with Crippen molar-refractivity contribution in [1.29, 1.82) is 0 Å². The number of rotatable bonds is 6. The highest BCUT2D eigenvalue weighted by atomic mass is 19.1. The number of carbonyl (C=O) groups excluding carboxylic acids is 1. The molecule has 2 aliphatic carbocycles. The molecular formula is C26H34FNO. The number of halogens is 1. The summed E-state index contributed by atoms with van der Waals surface area (Å²) in [6.07, 6.45) is 19.0. The number of hydrogen-bond donors (Lipinski definition) is 0. The van der Waals surface area contributed by atoms with E-state index < -0.39 is 0 Å². The molecule has 3 aliphatic rings. The number of terminal acetylenes is 1. The zero-order valence-electron chi connectivity index (χ0n) is 17.6. The number of benzene rings is 1. The van der Waals surface area contributed by atoms with Crippen molar-refractivity contribution in [2.75, 3.05) is 18.0 Å². The number of piperidine rings is 1. The zero-order valence-corrected chi connectivity index (χ0v) is 17.6. The molecule has 0 unspecified atom stereocenters. The van der Waals surface area contributed by atoms with E-state index in [1.54, 1.807) is 6.07 Å². The highest BCUT2D eigenvalue weighted by Crippen LogP contribution is 2.48. The van der Waals surface area contributed by atoms with Gasteiger partial charge in [-0.2, -0.15) is 0 Å². The van der Waals surface area contributed by atoms with Gasteiger partial charge in [0, 0.05) is 19.5 Å². The summed E-state index contributed by atoms with van der Waals surface area (Å²) in [7, 11) is 0. The molecule has 3 heteroatoms. The molecule has 3 fully saturated rings. The fourth-order valence-corrected chi connectivity index (χ4v) is 5.67. The molecular weight excluding hydrogens is 361 g/mol. The first-order chi connectivity index (χ1) is 14.1. The number of Topliss-reactive ketones (excluding diaryl/α,β-unsaturated/α-hetero) is 1. The Bertz CT molecular complexity index is 757. The summed E-state index contributed by atoms with van der Waals surface area (Å²) >= 11 is 0. The van der Waals surface area contributed by atoms with Gasteiger partial charge in [0.25, 0.3) is 0 Å². The van der Waals surface area contributed by atoms with Crippen molar-refractivity contribution in [3.8, 4) is 12.3 Å². The topological polar surface area (TPSA) is 20.3 Å². The molecule has 2 saturated carbocycles. The van der Waals surface area contributed by atoms with Gasteiger partial charge in [-0.1, -0.05) is 25.3 Å². The highest BCUT2D eigenvalue weighted by molar-refractivity contribution is 5.94. The third-order valence-corrected chi connectivity index (χ3v) is 8.03. The Morgan fingerprint density at radius 3 is 2.45 bits per heavy atom. The van der Waals surface area contributed by atoms with Crippen LogP contribution in [0.15, 0.2) is 18.2 Å². The molecule has 156 valence electrons. The normalized spacial score (nSPS) is 22.3. The maximum Gasteiger partial charge on any atom is 0.205 e. The van der Waals surface area contributed by atoms with Crippen molar-refractivity contribution in [2.45, 2.75) is 77.0 Å². The van der Waals surface area contributed by atoms with E-state index in [0.29, 0.717) is 17.8 Å². The summed E-state index contributed by atoms with van der Waals surface area (Å²) in [4.78, 5) is 13.7. The Balaban J connectivity index is 1.30. The second kappa shape index (κ2) is 8.90. The fraction of sp³-hybridized carbons (Fsp3) is 0.654. The van der Waals surface area contributed by atoms with Crippen molar-refractivity contribution in [3.05, 3.63) is 29.6 Å². The lowest BCUT2D eigenvalue weighted by atomic mass is 9.65. The summed E-state index contributed by atoms with van der Waals surface area (Å²) in [6, 6.07) is 5.77. The molecule has 2 nitrogen and oxygen atoms in total. The van der Waals surface area contributed by atoms with Gasteiger partial charge in [-0.15, -0.1) is 6.42 Å². The van der Waals surface area contributed by atoms with Crippen LogP contribution in [0.3, 0.4) is 0 Å². The van der Waals surface area contributed by atoms with Crippen LogP contribution >= 0.6 is 0 Å². The van der Waals surface area contributed by atoms with Crippen molar-refractivity contribution in [1.82, 2.24) is 0 Å². The smallest absolute Gasteiger partial charge is 0.205 e. The molecule has 0 aromatic heterocycles. The minimum Gasteiger partial charge on any atom is -0.369 e. The lowest BCUT2D eigenvalue weighted by Gasteiger charge is -2.46. The van der Waals surface area contributed by atoms with E-state index in [1.165, 1.54) is 50.5 Å². The average molecular weight is 396 g/mol. The maximum absolute atomic E-state index is 14.6. The van der Waals surface area contributed by atoms with E-state index in [9.17, 15) is 9.18 Å². The first kappa shape index (κ1) is 20.5. The van der Waals surface area contributed by atoms with Crippen LogP contribution in [0.1, 0.15) is 76.2 Å². The Hall–Kier alpha value is -1.82. The monoisotopic (exact) mass is 395 g/mol. The van der Waals surface area contributed by atoms with E-state index >= 15 is 0 Å². The van der Waals surface area contributed by atoms with Crippen LogP contribution in [-0.2, 0) is 11.2 Å². The summed E-state index contributed by atoms with van der Waals surface area (Å²) in [5.74, 6) is 3.57. The molecule has 1 aromatic rings. The molecule has 1 aliphatic heterocycles. The van der Waals surface area contributed by atoms with Crippen LogP contribution in [0.4, 0.5) is 10.1 Å². The molecule has 1 heterocycles. The quantitative estimate of drug-likeness (QED) is 0.440. The van der Waals surface area contributed by atoms with Gasteiger partial charge < -0.3 is 4.90 Å². The van der Waals surface area contributed by atoms with Gasteiger partial charge in [-0.05, 0) is 92.2 Å². The van der Waals surface area contributed by atoms with E-state index in [0.717, 1.165) is 50.4 Å². The number of anilines is 1. The summed E-state index contributed by atoms with van der Waals surface area (Å²) in [6.45, 7) is 1.92. The Labute approximate surface area is 175 Å². The predicted octanol–water partition coefficient (Wildman–Crippen LogP) is 5.93. The Morgan fingerprint density at radius 2 is 1.83 bits per heavy atom. The predicted molar refractivity (Wildman–Crippen MR) is 116 cm³/mol. The van der Waals surface area contributed by atoms with Crippen LogP contribution in [0, 0.1) is 35.4 Å². The van der Waals surface area contributed by atoms with E-state index in [1.807, 2.05) is 6.07 Å². The van der Waals surface area contributed by atoms with Crippen LogP contribution in [-0.4, -0.2) is 18.9 Å². The van der Waals surface area contributed by atoms with Gasteiger partial charge >= 0.3 is 0 Å². The minimum atomic E-state index is -0.0693. The van der Waals surface area contributed by atoms with Gasteiger partial charge in [0.2, 0.25) is 5.78 Å². The highest BCUT2D eigenvalue weighted by Gasteiger charge is 2.38. The molecule has 0 bridgehead atoms. The maximum atomic E-state index is 14.6. The molecule has 1 aromatic carbocycles. The molecule has 1 saturated heterocycles. The number of carbonyl (C=O) groups is 1. The van der Waals surface area contributed by atoms with Gasteiger partial charge in [-0.25, -0.2) is 4.39 Å². The fourth-order valence-electron chi connectivity index (χ4n) is 5.67. The summed E-state index contributed by atoms with van der Waals surface area (Å²) < 4.78 is 14.6. The lowest BCUT2D eigenvalue weighted by molar-refractivity contribution is -0.114. The van der Waals surface area contributed by atoms with Crippen LogP contribution in [0.2, 0.25) is 0 Å². The molecule has 29 heavy (non-hydrogen) atoms. The third-order valence-electron chi connectivity index (χ3n) is 8.03. The molecule has 4 rings (SSSR count). The zero-order chi connectivity index (χ0) is 20.3. The van der Waals surface area contributed by atoms with Crippen molar-refractivity contribution in [3.63, 3.8) is 0 Å². The minimum absolute atomic E-state index is 0.0554. The third kappa shape index (κ3) is 4.85. The Kier molecular flexibility index (Phi) is 6.28. The molecule has 0 N–H and O–H groups in total. The average Bonchev–Trinajstić information content (AvgIpc) is 2.72. The number of ketones is 1. The van der Waals surface area contributed by atoms with Gasteiger partial charge in [0.15, 0.2) is 0 Å². The largest absolute Gasteiger partial charge is 0.369 e. The molecule has 0 radical (unpaired) electrons. The second-order valence-corrected chi connectivity index (χ2v) is 9.82. The number of hydrogen-bond acceptors (Lipinski definition) is 2. The summed E-state index contributed by atoms with van der Waals surface area (Å²) in [5.41, 5.74) is 2.55. The first-order valence-corrected chi connectivity index (χ1v) is 11.6. The van der Waals surface area contributed by atoms with Crippen molar-refractivity contribution < 1.29 is 9.18 Å². The van der Waals surface area contributed by atoms with E-state index in [2.05, 4.69) is 16.9 Å². The Morgan fingerprint density at radius 1 is 1.10 bits per heavy atom. The molecule has 1 spiro atoms. The van der Waals surface area contributed by atoms with Crippen molar-refractivity contribution in [2.24, 2.45) is 17.3 Å². The summed E-state index contributed by atoms with van der Waals surface area (Å²) in [5, 5.41) is 0. The molecule has 0 atom stereocenters. The van der Waals surface area contributed by atoms with Crippen molar-refractivity contribution >= 4 is 11.5 Å². The van der Waals surface area contributed by atoms with E-state index in [4.69, 9.17) is 6.42 Å². The van der Waals surface area contributed by atoms with Gasteiger partial charge in [-0.3, -0.25) is 4.79 Å².